The molecular weight excluding hydrogens is 236 g/mol. The number of aryl methyl sites for hydroxylation is 1. The van der Waals surface area contributed by atoms with Gasteiger partial charge >= 0.3 is 0 Å². The standard InChI is InChI=1S/C16H20N2O/c1-12(2)17-11-14-5-4-6-16(18-14)19-15-9-7-13(3)8-10-15/h4-10,12,17H,11H2,1-3H3. The van der Waals surface area contributed by atoms with Crippen molar-refractivity contribution < 1.29 is 4.74 Å². The number of rotatable bonds is 5. The Morgan fingerprint density at radius 2 is 1.84 bits per heavy atom. The Bertz CT molecular complexity index is 521. The van der Waals surface area contributed by atoms with E-state index in [1.807, 2.05) is 42.5 Å². The van der Waals surface area contributed by atoms with Crippen LogP contribution < -0.4 is 10.1 Å². The van der Waals surface area contributed by atoms with Gasteiger partial charge in [-0.3, -0.25) is 0 Å². The van der Waals surface area contributed by atoms with E-state index in [2.05, 4.69) is 31.1 Å². The van der Waals surface area contributed by atoms with E-state index in [1.54, 1.807) is 0 Å². The fourth-order valence-electron chi connectivity index (χ4n) is 1.65. The van der Waals surface area contributed by atoms with E-state index in [1.165, 1.54) is 5.56 Å². The first-order chi connectivity index (χ1) is 9.13. The normalized spacial score (nSPS) is 10.7. The predicted molar refractivity (Wildman–Crippen MR) is 77.5 cm³/mol. The summed E-state index contributed by atoms with van der Waals surface area (Å²) >= 11 is 0. The molecule has 19 heavy (non-hydrogen) atoms. The average molecular weight is 256 g/mol. The summed E-state index contributed by atoms with van der Waals surface area (Å²) in [6, 6.07) is 14.2. The number of nitrogens with zero attached hydrogens (tertiary/aromatic N) is 1. The minimum atomic E-state index is 0.448. The molecule has 0 aliphatic carbocycles. The Kier molecular flexibility index (Phi) is 4.53. The van der Waals surface area contributed by atoms with Crippen LogP contribution in [0, 0.1) is 6.92 Å². The van der Waals surface area contributed by atoms with Gasteiger partial charge in [-0.2, -0.15) is 0 Å². The van der Waals surface area contributed by atoms with Crippen molar-refractivity contribution in [3.05, 3.63) is 53.7 Å². The predicted octanol–water partition coefficient (Wildman–Crippen LogP) is 3.68. The Morgan fingerprint density at radius 3 is 2.53 bits per heavy atom. The van der Waals surface area contributed by atoms with E-state index < -0.39 is 0 Å². The lowest BCUT2D eigenvalue weighted by Crippen LogP contribution is -2.22. The van der Waals surface area contributed by atoms with Crippen molar-refractivity contribution in [2.24, 2.45) is 0 Å². The minimum absolute atomic E-state index is 0.448. The van der Waals surface area contributed by atoms with Gasteiger partial charge in [0, 0.05) is 18.7 Å². The SMILES string of the molecule is Cc1ccc(Oc2cccc(CNC(C)C)n2)cc1. The number of benzene rings is 1. The van der Waals surface area contributed by atoms with Crippen molar-refractivity contribution >= 4 is 0 Å². The molecule has 3 heteroatoms. The number of pyridine rings is 1. The maximum Gasteiger partial charge on any atom is 0.219 e. The molecule has 2 rings (SSSR count). The highest BCUT2D eigenvalue weighted by molar-refractivity contribution is 5.30. The van der Waals surface area contributed by atoms with Gasteiger partial charge in [0.2, 0.25) is 5.88 Å². The average Bonchev–Trinajstić information content (AvgIpc) is 2.40. The zero-order chi connectivity index (χ0) is 13.7. The number of hydrogen-bond donors (Lipinski definition) is 1. The monoisotopic (exact) mass is 256 g/mol. The summed E-state index contributed by atoms with van der Waals surface area (Å²) in [5.74, 6) is 1.44. The highest BCUT2D eigenvalue weighted by atomic mass is 16.5. The Morgan fingerprint density at radius 1 is 1.11 bits per heavy atom. The number of ether oxygens (including phenoxy) is 1. The van der Waals surface area contributed by atoms with Gasteiger partial charge in [0.1, 0.15) is 5.75 Å². The molecule has 100 valence electrons. The van der Waals surface area contributed by atoms with Gasteiger partial charge in [0.15, 0.2) is 0 Å². The lowest BCUT2D eigenvalue weighted by Gasteiger charge is -2.09. The summed E-state index contributed by atoms with van der Waals surface area (Å²) in [6.07, 6.45) is 0. The summed E-state index contributed by atoms with van der Waals surface area (Å²) in [5, 5.41) is 3.34. The zero-order valence-electron chi connectivity index (χ0n) is 11.7. The van der Waals surface area contributed by atoms with E-state index in [4.69, 9.17) is 4.74 Å². The van der Waals surface area contributed by atoms with Crippen LogP contribution >= 0.6 is 0 Å². The van der Waals surface area contributed by atoms with Crippen LogP contribution in [0.25, 0.3) is 0 Å². The first-order valence-electron chi connectivity index (χ1n) is 6.57. The van der Waals surface area contributed by atoms with Crippen molar-refractivity contribution in [2.45, 2.75) is 33.4 Å². The molecule has 0 bridgehead atoms. The fourth-order valence-corrected chi connectivity index (χ4v) is 1.65. The highest BCUT2D eigenvalue weighted by Crippen LogP contribution is 2.19. The lowest BCUT2D eigenvalue weighted by molar-refractivity contribution is 0.458. The van der Waals surface area contributed by atoms with E-state index in [0.717, 1.165) is 18.0 Å². The largest absolute Gasteiger partial charge is 0.439 e. The molecule has 0 atom stereocenters. The Labute approximate surface area is 114 Å². The highest BCUT2D eigenvalue weighted by Gasteiger charge is 2.01. The van der Waals surface area contributed by atoms with Gasteiger partial charge in [0.25, 0.3) is 0 Å². The maximum absolute atomic E-state index is 5.74. The quantitative estimate of drug-likeness (QED) is 0.886. The first kappa shape index (κ1) is 13.6. The van der Waals surface area contributed by atoms with Crippen molar-refractivity contribution in [3.8, 4) is 11.6 Å². The zero-order valence-corrected chi connectivity index (χ0v) is 11.7. The van der Waals surface area contributed by atoms with Crippen LogP contribution in [0.2, 0.25) is 0 Å². The number of aromatic nitrogens is 1. The topological polar surface area (TPSA) is 34.1 Å². The van der Waals surface area contributed by atoms with Crippen molar-refractivity contribution in [1.29, 1.82) is 0 Å². The molecule has 0 radical (unpaired) electrons. The molecule has 0 fully saturated rings. The first-order valence-corrected chi connectivity index (χ1v) is 6.57. The van der Waals surface area contributed by atoms with Crippen LogP contribution in [-0.2, 0) is 6.54 Å². The van der Waals surface area contributed by atoms with Gasteiger partial charge < -0.3 is 10.1 Å². The van der Waals surface area contributed by atoms with Crippen LogP contribution in [0.4, 0.5) is 0 Å². The summed E-state index contributed by atoms with van der Waals surface area (Å²) in [7, 11) is 0. The molecule has 0 unspecified atom stereocenters. The van der Waals surface area contributed by atoms with Crippen LogP contribution in [0.5, 0.6) is 11.6 Å². The van der Waals surface area contributed by atoms with E-state index in [9.17, 15) is 0 Å². The van der Waals surface area contributed by atoms with Gasteiger partial charge in [-0.25, -0.2) is 4.98 Å². The molecule has 2 aromatic rings. The van der Waals surface area contributed by atoms with Crippen LogP contribution in [0.15, 0.2) is 42.5 Å². The second-order valence-corrected chi connectivity index (χ2v) is 4.92. The van der Waals surface area contributed by atoms with Crippen LogP contribution in [-0.4, -0.2) is 11.0 Å². The fraction of sp³-hybridized carbons (Fsp3) is 0.312. The lowest BCUT2D eigenvalue weighted by atomic mass is 10.2. The van der Waals surface area contributed by atoms with Crippen LogP contribution in [0.1, 0.15) is 25.1 Å². The van der Waals surface area contributed by atoms with E-state index >= 15 is 0 Å². The van der Waals surface area contributed by atoms with Gasteiger partial charge in [-0.05, 0) is 25.1 Å². The third-order valence-corrected chi connectivity index (χ3v) is 2.72. The molecule has 0 aliphatic rings. The molecule has 0 aliphatic heterocycles. The second-order valence-electron chi connectivity index (χ2n) is 4.92. The van der Waals surface area contributed by atoms with Crippen molar-refractivity contribution in [3.63, 3.8) is 0 Å². The minimum Gasteiger partial charge on any atom is -0.439 e. The third kappa shape index (κ3) is 4.38. The van der Waals surface area contributed by atoms with Crippen molar-refractivity contribution in [1.82, 2.24) is 10.3 Å². The van der Waals surface area contributed by atoms with Gasteiger partial charge in [0.05, 0.1) is 5.69 Å². The summed E-state index contributed by atoms with van der Waals surface area (Å²) < 4.78 is 5.74. The van der Waals surface area contributed by atoms with E-state index in [0.29, 0.717) is 11.9 Å². The summed E-state index contributed by atoms with van der Waals surface area (Å²) in [4.78, 5) is 4.48. The molecule has 1 N–H and O–H groups in total. The molecule has 0 saturated carbocycles. The molecule has 0 spiro atoms. The maximum atomic E-state index is 5.74. The van der Waals surface area contributed by atoms with Crippen LogP contribution in [0.3, 0.4) is 0 Å². The third-order valence-electron chi connectivity index (χ3n) is 2.72. The summed E-state index contributed by atoms with van der Waals surface area (Å²) in [6.45, 7) is 7.04. The van der Waals surface area contributed by atoms with E-state index in [-0.39, 0.29) is 0 Å². The Hall–Kier alpha value is -1.87. The second kappa shape index (κ2) is 6.34. The number of nitrogens with one attached hydrogen (secondary N) is 1. The molecule has 0 amide bonds. The molecule has 1 heterocycles. The van der Waals surface area contributed by atoms with Gasteiger partial charge in [-0.15, -0.1) is 0 Å². The molecule has 1 aromatic carbocycles. The summed E-state index contributed by atoms with van der Waals surface area (Å²) in [5.41, 5.74) is 2.20. The van der Waals surface area contributed by atoms with Gasteiger partial charge in [-0.1, -0.05) is 37.6 Å². The van der Waals surface area contributed by atoms with Crippen molar-refractivity contribution in [2.75, 3.05) is 0 Å². The smallest absolute Gasteiger partial charge is 0.219 e. The Balaban J connectivity index is 2.04. The molecular formula is C16H20N2O. The molecule has 1 aromatic heterocycles. The molecule has 3 nitrogen and oxygen atoms in total. The molecule has 0 saturated heterocycles. The number of hydrogen-bond acceptors (Lipinski definition) is 3.